The summed E-state index contributed by atoms with van der Waals surface area (Å²) in [5.74, 6) is 2.68. The molecule has 0 N–H and O–H groups in total. The molecule has 0 fully saturated rings. The lowest BCUT2D eigenvalue weighted by Gasteiger charge is -2.35. The van der Waals surface area contributed by atoms with E-state index >= 15 is 0 Å². The molecule has 7 nitrogen and oxygen atoms in total. The van der Waals surface area contributed by atoms with Crippen LogP contribution in [0.15, 0.2) is 30.3 Å². The smallest absolute Gasteiger partial charge is 0.305 e. The maximum absolute atomic E-state index is 11.5. The highest BCUT2D eigenvalue weighted by Crippen LogP contribution is 2.39. The number of hydrogen-bond acceptors (Lipinski definition) is 7. The van der Waals surface area contributed by atoms with Crippen molar-refractivity contribution in [3.8, 4) is 23.0 Å². The number of fused-ring (bicyclic) bond motifs is 1. The first-order chi connectivity index (χ1) is 16.0. The van der Waals surface area contributed by atoms with Crippen molar-refractivity contribution in [3.05, 3.63) is 47.0 Å². The number of carbonyl (C=O) groups is 1. The molecule has 2 aromatic carbocycles. The van der Waals surface area contributed by atoms with E-state index in [0.717, 1.165) is 36.4 Å². The Morgan fingerprint density at radius 3 is 2.42 bits per heavy atom. The molecule has 0 amide bonds. The van der Waals surface area contributed by atoms with Crippen LogP contribution in [0.3, 0.4) is 0 Å². The molecule has 33 heavy (non-hydrogen) atoms. The predicted octanol–water partition coefficient (Wildman–Crippen LogP) is 4.21. The fourth-order valence-electron chi connectivity index (χ4n) is 4.24. The van der Waals surface area contributed by atoms with Gasteiger partial charge in [0, 0.05) is 19.0 Å². The van der Waals surface area contributed by atoms with E-state index in [4.69, 9.17) is 23.7 Å². The zero-order valence-electron chi connectivity index (χ0n) is 20.3. The Labute approximate surface area is 196 Å². The van der Waals surface area contributed by atoms with Gasteiger partial charge in [0.15, 0.2) is 23.0 Å². The second kappa shape index (κ2) is 11.8. The standard InChI is InChI=1S/C26H35NO6/c1-6-32-26(28)8-7-13-33-25-15-18(9-10-22(25)29-3)14-21-20-17-24(31-5)23(30-4)16-19(20)11-12-27(21)2/h9-10,15-17,21H,6-8,11-14H2,1-5H3. The number of benzene rings is 2. The van der Waals surface area contributed by atoms with Gasteiger partial charge in [-0.3, -0.25) is 9.69 Å². The SMILES string of the molecule is CCOC(=O)CCCOc1cc(CC2c3cc(OC)c(OC)cc3CCN2C)ccc1OC. The highest BCUT2D eigenvalue weighted by molar-refractivity contribution is 5.69. The Morgan fingerprint density at radius 1 is 1.00 bits per heavy atom. The van der Waals surface area contributed by atoms with E-state index < -0.39 is 0 Å². The molecule has 0 bridgehead atoms. The van der Waals surface area contributed by atoms with Crippen molar-refractivity contribution >= 4 is 5.97 Å². The van der Waals surface area contributed by atoms with Gasteiger partial charge in [-0.05, 0) is 74.2 Å². The molecule has 0 spiro atoms. The third kappa shape index (κ3) is 6.11. The predicted molar refractivity (Wildman–Crippen MR) is 127 cm³/mol. The van der Waals surface area contributed by atoms with Crippen LogP contribution in [0.1, 0.15) is 42.5 Å². The number of methoxy groups -OCH3 is 3. The summed E-state index contributed by atoms with van der Waals surface area (Å²) >= 11 is 0. The second-order valence-electron chi connectivity index (χ2n) is 8.10. The largest absolute Gasteiger partial charge is 0.493 e. The van der Waals surface area contributed by atoms with Crippen molar-refractivity contribution in [2.24, 2.45) is 0 Å². The molecule has 1 unspecified atom stereocenters. The number of rotatable bonds is 11. The first-order valence-electron chi connectivity index (χ1n) is 11.4. The van der Waals surface area contributed by atoms with Crippen molar-refractivity contribution in [1.82, 2.24) is 4.90 Å². The Bertz CT molecular complexity index is 945. The summed E-state index contributed by atoms with van der Waals surface area (Å²) in [4.78, 5) is 13.9. The van der Waals surface area contributed by atoms with Gasteiger partial charge in [0.1, 0.15) is 0 Å². The summed E-state index contributed by atoms with van der Waals surface area (Å²) < 4.78 is 27.5. The molecule has 0 aromatic heterocycles. The van der Waals surface area contributed by atoms with Crippen molar-refractivity contribution < 1.29 is 28.5 Å². The highest BCUT2D eigenvalue weighted by atomic mass is 16.5. The summed E-state index contributed by atoms with van der Waals surface area (Å²) in [6.45, 7) is 3.59. The Morgan fingerprint density at radius 2 is 1.73 bits per heavy atom. The number of likely N-dealkylation sites (N-methyl/N-ethyl adjacent to an activating group) is 1. The summed E-state index contributed by atoms with van der Waals surface area (Å²) in [5.41, 5.74) is 3.70. The lowest BCUT2D eigenvalue weighted by Crippen LogP contribution is -2.33. The number of carbonyl (C=O) groups excluding carboxylic acids is 1. The number of esters is 1. The zero-order valence-corrected chi connectivity index (χ0v) is 20.3. The molecule has 0 radical (unpaired) electrons. The monoisotopic (exact) mass is 457 g/mol. The second-order valence-corrected chi connectivity index (χ2v) is 8.10. The van der Waals surface area contributed by atoms with Gasteiger partial charge in [0.2, 0.25) is 0 Å². The number of hydrogen-bond donors (Lipinski definition) is 0. The maximum Gasteiger partial charge on any atom is 0.305 e. The molecule has 0 saturated carbocycles. The molecular weight excluding hydrogens is 422 g/mol. The van der Waals surface area contributed by atoms with Gasteiger partial charge in [-0.2, -0.15) is 0 Å². The normalized spacial score (nSPS) is 15.5. The number of ether oxygens (including phenoxy) is 5. The first kappa shape index (κ1) is 24.7. The topological polar surface area (TPSA) is 66.5 Å². The van der Waals surface area contributed by atoms with Gasteiger partial charge in [-0.25, -0.2) is 0 Å². The van der Waals surface area contributed by atoms with Gasteiger partial charge < -0.3 is 23.7 Å². The van der Waals surface area contributed by atoms with Crippen LogP contribution < -0.4 is 18.9 Å². The van der Waals surface area contributed by atoms with Crippen LogP contribution in [0.2, 0.25) is 0 Å². The quantitative estimate of drug-likeness (QED) is 0.370. The molecule has 2 aromatic rings. The van der Waals surface area contributed by atoms with E-state index in [1.165, 1.54) is 11.1 Å². The molecule has 0 aliphatic carbocycles. The summed E-state index contributed by atoms with van der Waals surface area (Å²) in [7, 11) is 7.12. The minimum absolute atomic E-state index is 0.201. The molecule has 1 aliphatic heterocycles. The van der Waals surface area contributed by atoms with Crippen molar-refractivity contribution in [1.29, 1.82) is 0 Å². The average Bonchev–Trinajstić information content (AvgIpc) is 2.83. The van der Waals surface area contributed by atoms with Crippen LogP contribution in [0.25, 0.3) is 0 Å². The maximum atomic E-state index is 11.5. The average molecular weight is 458 g/mol. The molecular formula is C26H35NO6. The Balaban J connectivity index is 1.76. The van der Waals surface area contributed by atoms with Gasteiger partial charge in [-0.15, -0.1) is 0 Å². The van der Waals surface area contributed by atoms with Crippen LogP contribution in [0, 0.1) is 0 Å². The molecule has 1 heterocycles. The van der Waals surface area contributed by atoms with Crippen LogP contribution >= 0.6 is 0 Å². The van der Waals surface area contributed by atoms with Gasteiger partial charge >= 0.3 is 5.97 Å². The molecule has 7 heteroatoms. The van der Waals surface area contributed by atoms with Crippen LogP contribution in [0.4, 0.5) is 0 Å². The van der Waals surface area contributed by atoms with Gasteiger partial charge in [0.05, 0.1) is 34.5 Å². The van der Waals surface area contributed by atoms with E-state index in [1.807, 2.05) is 12.1 Å². The minimum Gasteiger partial charge on any atom is -0.493 e. The van der Waals surface area contributed by atoms with Crippen molar-refractivity contribution in [2.45, 2.75) is 38.6 Å². The summed E-state index contributed by atoms with van der Waals surface area (Å²) in [6, 6.07) is 10.5. The van der Waals surface area contributed by atoms with E-state index in [0.29, 0.717) is 37.6 Å². The number of nitrogens with zero attached hydrogens (tertiary/aromatic N) is 1. The summed E-state index contributed by atoms with van der Waals surface area (Å²) in [5, 5.41) is 0. The lowest BCUT2D eigenvalue weighted by molar-refractivity contribution is -0.143. The zero-order chi connectivity index (χ0) is 23.8. The van der Waals surface area contributed by atoms with Crippen molar-refractivity contribution in [2.75, 3.05) is 48.1 Å². The molecule has 3 rings (SSSR count). The fourth-order valence-corrected chi connectivity index (χ4v) is 4.24. The Kier molecular flexibility index (Phi) is 8.83. The van der Waals surface area contributed by atoms with Gasteiger partial charge in [0.25, 0.3) is 0 Å². The minimum atomic E-state index is -0.201. The first-order valence-corrected chi connectivity index (χ1v) is 11.4. The third-order valence-corrected chi connectivity index (χ3v) is 6.02. The van der Waals surface area contributed by atoms with E-state index in [9.17, 15) is 4.79 Å². The Hall–Kier alpha value is -2.93. The fraction of sp³-hybridized carbons (Fsp3) is 0.500. The highest BCUT2D eigenvalue weighted by Gasteiger charge is 2.27. The van der Waals surface area contributed by atoms with Crippen LogP contribution in [-0.2, 0) is 22.4 Å². The summed E-state index contributed by atoms with van der Waals surface area (Å²) in [6.07, 6.45) is 2.72. The molecule has 180 valence electrons. The molecule has 1 aliphatic rings. The van der Waals surface area contributed by atoms with E-state index in [2.05, 4.69) is 30.1 Å². The van der Waals surface area contributed by atoms with E-state index in [-0.39, 0.29) is 12.0 Å². The van der Waals surface area contributed by atoms with Crippen LogP contribution in [0.5, 0.6) is 23.0 Å². The third-order valence-electron chi connectivity index (χ3n) is 6.02. The van der Waals surface area contributed by atoms with E-state index in [1.54, 1.807) is 28.3 Å². The van der Waals surface area contributed by atoms with Crippen LogP contribution in [-0.4, -0.2) is 59.0 Å². The molecule has 0 saturated heterocycles. The van der Waals surface area contributed by atoms with Crippen molar-refractivity contribution in [3.63, 3.8) is 0 Å². The van der Waals surface area contributed by atoms with Gasteiger partial charge in [-0.1, -0.05) is 6.07 Å². The lowest BCUT2D eigenvalue weighted by atomic mass is 9.88. The molecule has 1 atom stereocenters.